The van der Waals surface area contributed by atoms with Crippen molar-refractivity contribution in [2.24, 2.45) is 17.8 Å². The quantitative estimate of drug-likeness (QED) is 0.430. The van der Waals surface area contributed by atoms with Crippen LogP contribution in [0, 0.1) is 17.8 Å². The summed E-state index contributed by atoms with van der Waals surface area (Å²) in [5.74, 6) is 1.60. The van der Waals surface area contributed by atoms with Crippen LogP contribution >= 0.6 is 0 Å². The van der Waals surface area contributed by atoms with Gasteiger partial charge in [-0.1, -0.05) is 30.3 Å². The maximum atomic E-state index is 12.9. The lowest BCUT2D eigenvalue weighted by Gasteiger charge is -2.61. The fourth-order valence-corrected chi connectivity index (χ4v) is 8.33. The molecule has 0 amide bonds. The molecule has 172 valence electrons. The van der Waals surface area contributed by atoms with Gasteiger partial charge in [-0.2, -0.15) is 0 Å². The zero-order valence-electron chi connectivity index (χ0n) is 19.3. The summed E-state index contributed by atoms with van der Waals surface area (Å²) in [6.07, 6.45) is 5.68. The third-order valence-corrected chi connectivity index (χ3v) is 10.6. The fraction of sp³-hybridized carbons (Fsp3) is 0.708. The van der Waals surface area contributed by atoms with E-state index < -0.39 is 8.80 Å². The molecule has 4 fully saturated rings. The van der Waals surface area contributed by atoms with Crippen molar-refractivity contribution in [1.82, 2.24) is 5.32 Å². The summed E-state index contributed by atoms with van der Waals surface area (Å²) in [6.45, 7) is 2.37. The zero-order chi connectivity index (χ0) is 22.1. The highest BCUT2D eigenvalue weighted by Gasteiger charge is 2.55. The van der Waals surface area contributed by atoms with E-state index >= 15 is 0 Å². The molecule has 31 heavy (non-hydrogen) atoms. The van der Waals surface area contributed by atoms with Crippen LogP contribution in [0.4, 0.5) is 0 Å². The predicted octanol–water partition coefficient (Wildman–Crippen LogP) is 4.10. The molecule has 2 heterocycles. The first-order valence-corrected chi connectivity index (χ1v) is 13.5. The Bertz CT molecular complexity index is 731. The second-order valence-corrected chi connectivity index (χ2v) is 13.0. The van der Waals surface area contributed by atoms with Crippen LogP contribution in [0.2, 0.25) is 6.04 Å². The molecule has 0 aromatic heterocycles. The first-order valence-electron chi connectivity index (χ1n) is 11.6. The van der Waals surface area contributed by atoms with Gasteiger partial charge in [0, 0.05) is 51.3 Å². The molecule has 4 aliphatic rings. The summed E-state index contributed by atoms with van der Waals surface area (Å²) >= 11 is 0. The summed E-state index contributed by atoms with van der Waals surface area (Å²) in [5.41, 5.74) is 1.36. The van der Waals surface area contributed by atoms with Crippen LogP contribution in [0.3, 0.4) is 0 Å². The molecule has 3 unspecified atom stereocenters. The van der Waals surface area contributed by atoms with Crippen LogP contribution in [-0.2, 0) is 22.8 Å². The molecule has 6 nitrogen and oxygen atoms in total. The lowest BCUT2D eigenvalue weighted by atomic mass is 9.54. The average molecular weight is 448 g/mol. The number of carbonyl (C=O) groups is 1. The third-order valence-electron chi connectivity index (χ3n) is 7.75. The fourth-order valence-electron chi connectivity index (χ4n) is 6.61. The van der Waals surface area contributed by atoms with Crippen LogP contribution in [0.25, 0.3) is 0 Å². The Kier molecular flexibility index (Phi) is 6.89. The maximum Gasteiger partial charge on any atom is 0.500 e. The van der Waals surface area contributed by atoms with Gasteiger partial charge in [0.2, 0.25) is 0 Å². The molecule has 2 saturated carbocycles. The number of ether oxygens (including phenoxy) is 1. The summed E-state index contributed by atoms with van der Waals surface area (Å²) in [7, 11) is 2.13. The van der Waals surface area contributed by atoms with E-state index in [0.717, 1.165) is 11.5 Å². The van der Waals surface area contributed by atoms with Crippen molar-refractivity contribution in [1.29, 1.82) is 0 Å². The molecule has 0 spiro atoms. The molecule has 1 aromatic rings. The Morgan fingerprint density at radius 1 is 1.13 bits per heavy atom. The summed E-state index contributed by atoms with van der Waals surface area (Å²) < 4.78 is 22.6. The van der Waals surface area contributed by atoms with E-state index in [4.69, 9.17) is 18.0 Å². The predicted molar refractivity (Wildman–Crippen MR) is 120 cm³/mol. The van der Waals surface area contributed by atoms with Crippen molar-refractivity contribution in [3.05, 3.63) is 35.9 Å². The minimum absolute atomic E-state index is 0.153. The largest absolute Gasteiger partial charge is 0.500 e. The molecule has 2 saturated heterocycles. The number of hydrogen-bond donors (Lipinski definition) is 1. The van der Waals surface area contributed by atoms with Crippen molar-refractivity contribution in [2.45, 2.75) is 69.2 Å². The zero-order valence-corrected chi connectivity index (χ0v) is 20.3. The van der Waals surface area contributed by atoms with Gasteiger partial charge in [-0.15, -0.1) is 0 Å². The van der Waals surface area contributed by atoms with Crippen LogP contribution < -0.4 is 5.32 Å². The molecule has 2 aliphatic heterocycles. The molecule has 2 aliphatic carbocycles. The van der Waals surface area contributed by atoms with E-state index in [9.17, 15) is 4.79 Å². The Hall–Kier alpha value is -1.25. The Morgan fingerprint density at radius 3 is 2.45 bits per heavy atom. The topological polar surface area (TPSA) is 66.0 Å². The van der Waals surface area contributed by atoms with Gasteiger partial charge in [-0.25, -0.2) is 0 Å². The van der Waals surface area contributed by atoms with Gasteiger partial charge in [0.05, 0.1) is 0 Å². The molecule has 1 aromatic carbocycles. The van der Waals surface area contributed by atoms with E-state index in [0.29, 0.717) is 36.8 Å². The molecular formula is C24H37NO5Si. The third kappa shape index (κ3) is 4.76. The highest BCUT2D eigenvalue weighted by molar-refractivity contribution is 6.60. The van der Waals surface area contributed by atoms with Crippen molar-refractivity contribution < 1.29 is 22.8 Å². The van der Waals surface area contributed by atoms with Gasteiger partial charge in [0.1, 0.15) is 6.10 Å². The second kappa shape index (κ2) is 9.31. The summed E-state index contributed by atoms with van der Waals surface area (Å²) in [6, 6.07) is 11.3. The van der Waals surface area contributed by atoms with Gasteiger partial charge < -0.3 is 23.3 Å². The molecule has 1 N–H and O–H groups in total. The maximum absolute atomic E-state index is 12.9. The van der Waals surface area contributed by atoms with E-state index in [2.05, 4.69) is 24.4 Å². The van der Waals surface area contributed by atoms with E-state index in [1.807, 2.05) is 18.2 Å². The normalized spacial score (nSPS) is 32.8. The van der Waals surface area contributed by atoms with Crippen LogP contribution in [-0.4, -0.2) is 47.7 Å². The van der Waals surface area contributed by atoms with Crippen LogP contribution in [0.5, 0.6) is 0 Å². The highest BCUT2D eigenvalue weighted by Crippen LogP contribution is 2.55. The van der Waals surface area contributed by atoms with Gasteiger partial charge in [0.25, 0.3) is 0 Å². The number of benzene rings is 1. The smallest absolute Gasteiger partial charge is 0.457 e. The van der Waals surface area contributed by atoms with Gasteiger partial charge in [0.15, 0.2) is 0 Å². The monoisotopic (exact) mass is 447 g/mol. The summed E-state index contributed by atoms with van der Waals surface area (Å²) in [5, 5.41) is 3.91. The van der Waals surface area contributed by atoms with E-state index in [1.54, 1.807) is 21.3 Å². The van der Waals surface area contributed by atoms with Crippen molar-refractivity contribution in [3.63, 3.8) is 0 Å². The minimum atomic E-state index is -2.67. The Balaban J connectivity index is 1.45. The number of hydrogen-bond acceptors (Lipinski definition) is 6. The standard InChI is InChI=1S/C24H37NO5Si/c1-24-15-17-13-19(16-24)22(20(14-17)25-24)23(18-9-6-5-7-10-18)30-21(26)11-8-12-31(27-2,28-3)29-4/h5-7,9-10,17,19-20,22-23,25H,8,11-16H2,1-4H3/t17-,19?,20+,22?,23?,24-/m0/s1. The highest BCUT2D eigenvalue weighted by atomic mass is 28.4. The number of rotatable bonds is 10. The van der Waals surface area contributed by atoms with Gasteiger partial charge >= 0.3 is 14.8 Å². The Labute approximate surface area is 187 Å². The molecule has 5 rings (SSSR count). The van der Waals surface area contributed by atoms with E-state index in [1.165, 1.54) is 25.7 Å². The number of piperidine rings is 2. The first kappa shape index (κ1) is 22.9. The van der Waals surface area contributed by atoms with Crippen molar-refractivity contribution >= 4 is 14.8 Å². The lowest BCUT2D eigenvalue weighted by molar-refractivity contribution is -0.162. The molecule has 7 heteroatoms. The number of carbonyl (C=O) groups excluding carboxylic acids is 1. The number of esters is 1. The molecular weight excluding hydrogens is 410 g/mol. The molecule has 4 bridgehead atoms. The van der Waals surface area contributed by atoms with Crippen LogP contribution in [0.15, 0.2) is 30.3 Å². The first-order chi connectivity index (χ1) is 14.9. The van der Waals surface area contributed by atoms with Crippen molar-refractivity contribution in [2.75, 3.05) is 21.3 Å². The minimum Gasteiger partial charge on any atom is -0.457 e. The second-order valence-electron chi connectivity index (χ2n) is 9.86. The lowest BCUT2D eigenvalue weighted by Crippen LogP contribution is -2.67. The van der Waals surface area contributed by atoms with E-state index in [-0.39, 0.29) is 17.6 Å². The molecule has 0 radical (unpaired) electrons. The van der Waals surface area contributed by atoms with Crippen molar-refractivity contribution in [3.8, 4) is 0 Å². The molecule has 6 atom stereocenters. The summed E-state index contributed by atoms with van der Waals surface area (Å²) in [4.78, 5) is 12.9. The SMILES string of the molecule is CO[Si](CCCC(=O)OC(c1ccccc1)C1C2C[C@H]3C[C@H]1N[C@](C)(C2)C3)(OC)OC. The van der Waals surface area contributed by atoms with Gasteiger partial charge in [-0.3, -0.25) is 4.79 Å². The Morgan fingerprint density at radius 2 is 1.84 bits per heavy atom. The average Bonchev–Trinajstić information content (AvgIpc) is 2.75. The van der Waals surface area contributed by atoms with Gasteiger partial charge in [-0.05, 0) is 56.4 Å². The number of nitrogens with one attached hydrogen (secondary N) is 1. The van der Waals surface area contributed by atoms with Crippen LogP contribution in [0.1, 0.15) is 57.1 Å².